The molecule has 3 aromatic rings. The van der Waals surface area contributed by atoms with Crippen molar-refractivity contribution in [1.82, 2.24) is 15.3 Å². The number of aromatic nitrogens is 2. The molecule has 0 spiro atoms. The molecule has 1 aliphatic carbocycles. The van der Waals surface area contributed by atoms with E-state index in [2.05, 4.69) is 48.4 Å². The monoisotopic (exact) mass is 591 g/mol. The minimum atomic E-state index is -0.651. The van der Waals surface area contributed by atoms with Gasteiger partial charge in [0.25, 0.3) is 0 Å². The Morgan fingerprint density at radius 1 is 1.22 bits per heavy atom. The summed E-state index contributed by atoms with van der Waals surface area (Å²) in [5.74, 6) is -0.503. The molecule has 194 valence electrons. The van der Waals surface area contributed by atoms with Gasteiger partial charge < -0.3 is 25.4 Å². The molecule has 0 radical (unpaired) electrons. The van der Waals surface area contributed by atoms with Gasteiger partial charge in [-0.05, 0) is 65.9 Å². The van der Waals surface area contributed by atoms with Gasteiger partial charge in [0, 0.05) is 15.9 Å². The van der Waals surface area contributed by atoms with E-state index in [-0.39, 0.29) is 30.0 Å². The summed E-state index contributed by atoms with van der Waals surface area (Å²) in [6.07, 6.45) is 5.80. The third-order valence-corrected chi connectivity index (χ3v) is 6.93. The molecule has 0 atom stereocenters. The molecule has 1 aliphatic rings. The lowest BCUT2D eigenvalue weighted by Crippen LogP contribution is -2.31. The maximum Gasteiger partial charge on any atom is 0.407 e. The number of carbonyl (C=O) groups is 2. The quantitative estimate of drug-likeness (QED) is 0.156. The van der Waals surface area contributed by atoms with Crippen LogP contribution < -0.4 is 20.7 Å². The van der Waals surface area contributed by atoms with Gasteiger partial charge in [0.15, 0.2) is 5.82 Å². The van der Waals surface area contributed by atoms with Crippen LogP contribution in [0, 0.1) is 5.82 Å². The van der Waals surface area contributed by atoms with Gasteiger partial charge in [0.05, 0.1) is 28.5 Å². The van der Waals surface area contributed by atoms with Crippen molar-refractivity contribution < 1.29 is 23.5 Å². The molecule has 37 heavy (non-hydrogen) atoms. The summed E-state index contributed by atoms with van der Waals surface area (Å²) in [5.41, 5.74) is 0.903. The van der Waals surface area contributed by atoms with Crippen LogP contribution >= 0.6 is 27.5 Å². The Labute approximate surface area is 225 Å². The summed E-state index contributed by atoms with van der Waals surface area (Å²) in [4.78, 5) is 32.5. The van der Waals surface area contributed by atoms with E-state index in [9.17, 15) is 14.0 Å². The number of nitrogens with zero attached hydrogens (tertiary/aromatic N) is 2. The minimum Gasteiger partial charge on any atom is -0.489 e. The molecule has 0 unspecified atom stereocenters. The number of rotatable bonds is 9. The van der Waals surface area contributed by atoms with Crippen LogP contribution in [0.1, 0.15) is 25.7 Å². The summed E-state index contributed by atoms with van der Waals surface area (Å²) in [5, 5.41) is 8.70. The number of anilines is 3. The van der Waals surface area contributed by atoms with E-state index in [0.717, 1.165) is 31.8 Å². The lowest BCUT2D eigenvalue weighted by atomic mass is 10.1. The Kier molecular flexibility index (Phi) is 8.78. The molecule has 9 nitrogen and oxygen atoms in total. The first-order valence-electron chi connectivity index (χ1n) is 11.6. The molecule has 2 amide bonds. The SMILES string of the molecule is C=CC(=O)Nc1cc2c(Nc3ccc(Br)c(Cl)c3F)ncnc2cc1OCCNC(=O)OC1CCCC1. The van der Waals surface area contributed by atoms with Crippen LogP contribution in [0.2, 0.25) is 5.02 Å². The first-order valence-corrected chi connectivity index (χ1v) is 12.7. The molecule has 1 fully saturated rings. The highest BCUT2D eigenvalue weighted by atomic mass is 79.9. The third-order valence-electron chi connectivity index (χ3n) is 5.67. The van der Waals surface area contributed by atoms with Crippen molar-refractivity contribution in [2.75, 3.05) is 23.8 Å². The van der Waals surface area contributed by atoms with Gasteiger partial charge in [-0.1, -0.05) is 18.2 Å². The first kappa shape index (κ1) is 26.6. The van der Waals surface area contributed by atoms with Gasteiger partial charge in [-0.2, -0.15) is 0 Å². The predicted octanol–water partition coefficient (Wildman–Crippen LogP) is 6.10. The van der Waals surface area contributed by atoms with Crippen molar-refractivity contribution in [3.05, 3.63) is 58.6 Å². The van der Waals surface area contributed by atoms with E-state index in [1.807, 2.05) is 0 Å². The van der Waals surface area contributed by atoms with E-state index in [0.29, 0.717) is 32.6 Å². The summed E-state index contributed by atoms with van der Waals surface area (Å²) in [7, 11) is 0. The van der Waals surface area contributed by atoms with Crippen LogP contribution in [0.15, 0.2) is 47.7 Å². The maximum atomic E-state index is 14.7. The average Bonchev–Trinajstić information content (AvgIpc) is 3.40. The number of hydrogen-bond acceptors (Lipinski definition) is 7. The maximum absolute atomic E-state index is 14.7. The average molecular weight is 593 g/mol. The lowest BCUT2D eigenvalue weighted by Gasteiger charge is -2.16. The van der Waals surface area contributed by atoms with Gasteiger partial charge >= 0.3 is 6.09 Å². The van der Waals surface area contributed by atoms with Crippen LogP contribution in [-0.2, 0) is 9.53 Å². The van der Waals surface area contributed by atoms with Gasteiger partial charge in [-0.15, -0.1) is 0 Å². The highest BCUT2D eigenvalue weighted by molar-refractivity contribution is 9.10. The normalized spacial score (nSPS) is 13.3. The number of fused-ring (bicyclic) bond motifs is 1. The molecule has 0 saturated heterocycles. The van der Waals surface area contributed by atoms with E-state index < -0.39 is 17.8 Å². The van der Waals surface area contributed by atoms with Crippen LogP contribution in [0.5, 0.6) is 5.75 Å². The number of halogens is 3. The smallest absolute Gasteiger partial charge is 0.407 e. The lowest BCUT2D eigenvalue weighted by molar-refractivity contribution is -0.111. The summed E-state index contributed by atoms with van der Waals surface area (Å²) < 4.78 is 26.3. The van der Waals surface area contributed by atoms with Crippen molar-refractivity contribution in [3.63, 3.8) is 0 Å². The highest BCUT2D eigenvalue weighted by Gasteiger charge is 2.19. The van der Waals surface area contributed by atoms with E-state index in [1.54, 1.807) is 18.2 Å². The van der Waals surface area contributed by atoms with Gasteiger partial charge in [-0.25, -0.2) is 19.2 Å². The molecule has 1 saturated carbocycles. The molecule has 4 rings (SSSR count). The molecule has 12 heteroatoms. The Bertz CT molecular complexity index is 1340. The van der Waals surface area contributed by atoms with Gasteiger partial charge in [0.1, 0.15) is 30.6 Å². The molecular formula is C25H24BrClFN5O4. The highest BCUT2D eigenvalue weighted by Crippen LogP contribution is 2.36. The molecule has 0 aliphatic heterocycles. The van der Waals surface area contributed by atoms with Crippen LogP contribution in [-0.4, -0.2) is 41.2 Å². The van der Waals surface area contributed by atoms with Gasteiger partial charge in [-0.3, -0.25) is 4.79 Å². The number of carbonyl (C=O) groups excluding carboxylic acids is 2. The second-order valence-electron chi connectivity index (χ2n) is 8.22. The van der Waals surface area contributed by atoms with Crippen molar-refractivity contribution in [2.24, 2.45) is 0 Å². The fourth-order valence-electron chi connectivity index (χ4n) is 3.85. The predicted molar refractivity (Wildman–Crippen MR) is 143 cm³/mol. The number of alkyl carbamates (subject to hydrolysis) is 1. The number of nitrogens with one attached hydrogen (secondary N) is 3. The van der Waals surface area contributed by atoms with Crippen LogP contribution in [0.3, 0.4) is 0 Å². The standard InChI is InChI=1S/C25H24BrClFN5O4/c1-2-21(34)32-19-11-15-18(12-20(19)36-10-9-29-25(35)37-14-5-3-4-6-14)30-13-31-24(15)33-17-8-7-16(26)22(27)23(17)28/h2,7-8,11-14H,1,3-6,9-10H2,(H,29,35)(H,32,34)(H,30,31,33). The molecule has 1 aromatic heterocycles. The van der Waals surface area contributed by atoms with Crippen molar-refractivity contribution >= 4 is 67.6 Å². The Morgan fingerprint density at radius 2 is 2.00 bits per heavy atom. The molecule has 0 bridgehead atoms. The molecule has 2 aromatic carbocycles. The fraction of sp³-hybridized carbons (Fsp3) is 0.280. The summed E-state index contributed by atoms with van der Waals surface area (Å²) >= 11 is 9.19. The van der Waals surface area contributed by atoms with Crippen molar-refractivity contribution in [3.8, 4) is 5.75 Å². The second kappa shape index (κ2) is 12.2. The Hall–Kier alpha value is -3.44. The molecule has 3 N–H and O–H groups in total. The fourth-order valence-corrected chi connectivity index (χ4v) is 4.32. The Balaban J connectivity index is 1.53. The zero-order chi connectivity index (χ0) is 26.4. The number of hydrogen-bond donors (Lipinski definition) is 3. The third kappa shape index (κ3) is 6.66. The number of amides is 2. The zero-order valence-corrected chi connectivity index (χ0v) is 22.0. The van der Waals surface area contributed by atoms with Crippen LogP contribution in [0.25, 0.3) is 10.9 Å². The first-order chi connectivity index (χ1) is 17.9. The molecular weight excluding hydrogens is 569 g/mol. The molecule has 1 heterocycles. The van der Waals surface area contributed by atoms with Crippen molar-refractivity contribution in [2.45, 2.75) is 31.8 Å². The number of ether oxygens (including phenoxy) is 2. The van der Waals surface area contributed by atoms with Crippen LogP contribution in [0.4, 0.5) is 26.4 Å². The minimum absolute atomic E-state index is 0.0356. The summed E-state index contributed by atoms with van der Waals surface area (Å²) in [6.45, 7) is 3.78. The van der Waals surface area contributed by atoms with E-state index >= 15 is 0 Å². The summed E-state index contributed by atoms with van der Waals surface area (Å²) in [6, 6.07) is 6.34. The topological polar surface area (TPSA) is 114 Å². The number of benzene rings is 2. The Morgan fingerprint density at radius 3 is 2.76 bits per heavy atom. The second-order valence-corrected chi connectivity index (χ2v) is 9.45. The van der Waals surface area contributed by atoms with E-state index in [4.69, 9.17) is 21.1 Å². The largest absolute Gasteiger partial charge is 0.489 e. The van der Waals surface area contributed by atoms with Crippen molar-refractivity contribution in [1.29, 1.82) is 0 Å². The van der Waals surface area contributed by atoms with E-state index in [1.165, 1.54) is 12.4 Å². The van der Waals surface area contributed by atoms with Gasteiger partial charge in [0.2, 0.25) is 5.91 Å². The zero-order valence-electron chi connectivity index (χ0n) is 19.7.